The number of aliphatic hydroxyl groups is 1. The van der Waals surface area contributed by atoms with Gasteiger partial charge >= 0.3 is 5.97 Å². The van der Waals surface area contributed by atoms with Crippen molar-refractivity contribution in [3.8, 4) is 0 Å². The van der Waals surface area contributed by atoms with Gasteiger partial charge in [-0.05, 0) is 32.7 Å². The van der Waals surface area contributed by atoms with Crippen molar-refractivity contribution in [2.45, 2.75) is 44.8 Å². The maximum atomic E-state index is 10.8. The normalized spacial score (nSPS) is 25.5. The molecular formula is C12H23NO4. The molecule has 2 unspecified atom stereocenters. The third-order valence-corrected chi connectivity index (χ3v) is 3.01. The molecule has 1 aliphatic heterocycles. The van der Waals surface area contributed by atoms with Gasteiger partial charge < -0.3 is 14.9 Å². The van der Waals surface area contributed by atoms with E-state index in [2.05, 4.69) is 6.92 Å². The topological polar surface area (TPSA) is 70.0 Å². The van der Waals surface area contributed by atoms with Crippen LogP contribution in [0.2, 0.25) is 0 Å². The average molecular weight is 245 g/mol. The fraction of sp³-hybridized carbons (Fsp3) is 0.917. The lowest BCUT2D eigenvalue weighted by Gasteiger charge is -2.35. The molecule has 0 spiro atoms. The van der Waals surface area contributed by atoms with Crippen LogP contribution in [0.5, 0.6) is 0 Å². The molecule has 0 amide bonds. The van der Waals surface area contributed by atoms with Gasteiger partial charge in [-0.25, -0.2) is 4.79 Å². The Balaban J connectivity index is 2.41. The van der Waals surface area contributed by atoms with Crippen LogP contribution < -0.4 is 0 Å². The van der Waals surface area contributed by atoms with Crippen molar-refractivity contribution in [1.82, 2.24) is 4.90 Å². The Kier molecular flexibility index (Phi) is 5.36. The van der Waals surface area contributed by atoms with Crippen LogP contribution in [-0.4, -0.2) is 59.0 Å². The van der Waals surface area contributed by atoms with E-state index in [4.69, 9.17) is 9.84 Å². The predicted molar refractivity (Wildman–Crippen MR) is 64.0 cm³/mol. The second kappa shape index (κ2) is 6.33. The molecular weight excluding hydrogens is 222 g/mol. The van der Waals surface area contributed by atoms with Gasteiger partial charge in [0.1, 0.15) is 0 Å². The maximum Gasteiger partial charge on any atom is 0.336 e. The zero-order valence-electron chi connectivity index (χ0n) is 10.7. The Labute approximate surface area is 102 Å². The summed E-state index contributed by atoms with van der Waals surface area (Å²) in [4.78, 5) is 12.8. The molecule has 2 N–H and O–H groups in total. The highest BCUT2D eigenvalue weighted by atomic mass is 16.5. The first-order valence-corrected chi connectivity index (χ1v) is 6.25. The van der Waals surface area contributed by atoms with Crippen molar-refractivity contribution in [1.29, 1.82) is 0 Å². The van der Waals surface area contributed by atoms with E-state index in [0.717, 1.165) is 32.4 Å². The third-order valence-electron chi connectivity index (χ3n) is 3.01. The van der Waals surface area contributed by atoms with E-state index in [1.54, 1.807) is 0 Å². The molecule has 0 aromatic rings. The molecule has 1 aliphatic rings. The molecule has 17 heavy (non-hydrogen) atoms. The van der Waals surface area contributed by atoms with E-state index in [-0.39, 0.29) is 12.6 Å². The van der Waals surface area contributed by atoms with Crippen molar-refractivity contribution in [2.75, 3.05) is 26.2 Å². The van der Waals surface area contributed by atoms with E-state index >= 15 is 0 Å². The van der Waals surface area contributed by atoms with Crippen LogP contribution in [0.3, 0.4) is 0 Å². The van der Waals surface area contributed by atoms with Gasteiger partial charge in [-0.1, -0.05) is 6.92 Å². The fourth-order valence-electron chi connectivity index (χ4n) is 2.08. The van der Waals surface area contributed by atoms with E-state index in [9.17, 15) is 9.90 Å². The van der Waals surface area contributed by atoms with Gasteiger partial charge in [-0.2, -0.15) is 0 Å². The second-order valence-corrected chi connectivity index (χ2v) is 4.95. The highest BCUT2D eigenvalue weighted by Gasteiger charge is 2.34. The number of nitrogens with zero attached hydrogens (tertiary/aromatic N) is 1. The number of rotatable bonds is 6. The third kappa shape index (κ3) is 4.61. The summed E-state index contributed by atoms with van der Waals surface area (Å²) in [6, 6.07) is 0. The smallest absolute Gasteiger partial charge is 0.336 e. The van der Waals surface area contributed by atoms with Gasteiger partial charge in [0, 0.05) is 19.7 Å². The number of hydrogen-bond acceptors (Lipinski definition) is 4. The Morgan fingerprint density at radius 2 is 2.29 bits per heavy atom. The summed E-state index contributed by atoms with van der Waals surface area (Å²) in [5.41, 5.74) is -1.67. The molecule has 100 valence electrons. The van der Waals surface area contributed by atoms with Crippen LogP contribution >= 0.6 is 0 Å². The highest BCUT2D eigenvalue weighted by Crippen LogP contribution is 2.16. The van der Waals surface area contributed by atoms with E-state index < -0.39 is 11.6 Å². The monoisotopic (exact) mass is 245 g/mol. The molecule has 5 nitrogen and oxygen atoms in total. The number of likely N-dealkylation sites (tertiary alicyclic amines) is 1. The Bertz CT molecular complexity index is 255. The fourth-order valence-corrected chi connectivity index (χ4v) is 2.08. The molecule has 0 aliphatic carbocycles. The van der Waals surface area contributed by atoms with Gasteiger partial charge in [-0.3, -0.25) is 4.90 Å². The minimum Gasteiger partial charge on any atom is -0.479 e. The Morgan fingerprint density at radius 3 is 2.88 bits per heavy atom. The van der Waals surface area contributed by atoms with Gasteiger partial charge in [0.2, 0.25) is 0 Å². The summed E-state index contributed by atoms with van der Waals surface area (Å²) in [6.45, 7) is 5.85. The van der Waals surface area contributed by atoms with Gasteiger partial charge in [0.15, 0.2) is 5.60 Å². The first-order valence-electron chi connectivity index (χ1n) is 6.25. The molecule has 0 radical (unpaired) electrons. The standard InChI is InChI=1S/C12H23NO4/c1-3-7-17-10-5-4-6-13(8-10)9-12(2,16)11(14)15/h10,16H,3-9H2,1-2H3,(H,14,15). The van der Waals surface area contributed by atoms with Crippen LogP contribution in [0.15, 0.2) is 0 Å². The van der Waals surface area contributed by atoms with Gasteiger partial charge in [0.05, 0.1) is 6.10 Å². The van der Waals surface area contributed by atoms with E-state index in [1.807, 2.05) is 4.90 Å². The molecule has 0 bridgehead atoms. The lowest BCUT2D eigenvalue weighted by atomic mass is 10.0. The maximum absolute atomic E-state index is 10.8. The van der Waals surface area contributed by atoms with Crippen molar-refractivity contribution in [2.24, 2.45) is 0 Å². The molecule has 2 atom stereocenters. The number of carboxylic acid groups (broad SMARTS) is 1. The van der Waals surface area contributed by atoms with Gasteiger partial charge in [0.25, 0.3) is 0 Å². The van der Waals surface area contributed by atoms with Crippen molar-refractivity contribution in [3.63, 3.8) is 0 Å². The molecule has 0 saturated carbocycles. The van der Waals surface area contributed by atoms with Crippen molar-refractivity contribution < 1.29 is 19.7 Å². The highest BCUT2D eigenvalue weighted by molar-refractivity contribution is 5.76. The summed E-state index contributed by atoms with van der Waals surface area (Å²) in [6.07, 6.45) is 3.17. The molecule has 1 fully saturated rings. The molecule has 0 aromatic carbocycles. The average Bonchev–Trinajstić information content (AvgIpc) is 2.26. The van der Waals surface area contributed by atoms with Crippen molar-refractivity contribution >= 4 is 5.97 Å². The van der Waals surface area contributed by atoms with Crippen LogP contribution in [-0.2, 0) is 9.53 Å². The van der Waals surface area contributed by atoms with E-state index in [0.29, 0.717) is 6.54 Å². The summed E-state index contributed by atoms with van der Waals surface area (Å²) in [7, 11) is 0. The quantitative estimate of drug-likeness (QED) is 0.721. The number of carboxylic acids is 1. The Hall–Kier alpha value is -0.650. The number of piperidine rings is 1. The minimum absolute atomic E-state index is 0.161. The summed E-state index contributed by atoms with van der Waals surface area (Å²) in [5, 5.41) is 18.6. The van der Waals surface area contributed by atoms with Crippen LogP contribution in [0.1, 0.15) is 33.1 Å². The van der Waals surface area contributed by atoms with Crippen LogP contribution in [0, 0.1) is 0 Å². The summed E-state index contributed by atoms with van der Waals surface area (Å²) < 4.78 is 5.67. The molecule has 5 heteroatoms. The SMILES string of the molecule is CCCOC1CCCN(CC(C)(O)C(=O)O)C1. The molecule has 0 aromatic heterocycles. The predicted octanol–water partition coefficient (Wildman–Crippen LogP) is 0.713. The number of β-amino-alcohol motifs (C(OH)–C–C–N with tert-alkyl or cyclic N) is 1. The van der Waals surface area contributed by atoms with Crippen LogP contribution in [0.25, 0.3) is 0 Å². The lowest BCUT2D eigenvalue weighted by molar-refractivity contribution is -0.159. The lowest BCUT2D eigenvalue weighted by Crippen LogP contribution is -2.50. The zero-order chi connectivity index (χ0) is 12.9. The minimum atomic E-state index is -1.67. The van der Waals surface area contributed by atoms with E-state index in [1.165, 1.54) is 6.92 Å². The number of carbonyl (C=O) groups is 1. The Morgan fingerprint density at radius 1 is 1.59 bits per heavy atom. The molecule has 1 saturated heterocycles. The van der Waals surface area contributed by atoms with Crippen molar-refractivity contribution in [3.05, 3.63) is 0 Å². The summed E-state index contributed by atoms with van der Waals surface area (Å²) in [5.74, 6) is -1.17. The molecule has 1 heterocycles. The first-order chi connectivity index (χ1) is 7.95. The summed E-state index contributed by atoms with van der Waals surface area (Å²) >= 11 is 0. The number of hydrogen-bond donors (Lipinski definition) is 2. The zero-order valence-corrected chi connectivity index (χ0v) is 10.7. The van der Waals surface area contributed by atoms with Crippen LogP contribution in [0.4, 0.5) is 0 Å². The largest absolute Gasteiger partial charge is 0.479 e. The second-order valence-electron chi connectivity index (χ2n) is 4.95. The molecule has 1 rings (SSSR count). The number of ether oxygens (including phenoxy) is 1. The van der Waals surface area contributed by atoms with Gasteiger partial charge in [-0.15, -0.1) is 0 Å². The first kappa shape index (κ1) is 14.4. The number of aliphatic carboxylic acids is 1.